The van der Waals surface area contributed by atoms with Gasteiger partial charge in [-0.2, -0.15) is 0 Å². The van der Waals surface area contributed by atoms with E-state index in [1.807, 2.05) is 24.3 Å². The van der Waals surface area contributed by atoms with Gasteiger partial charge < -0.3 is 5.43 Å². The Morgan fingerprint density at radius 3 is 2.62 bits per heavy atom. The molecule has 3 N–H and O–H groups in total. The van der Waals surface area contributed by atoms with E-state index in [1.165, 1.54) is 0 Å². The van der Waals surface area contributed by atoms with Gasteiger partial charge in [0.1, 0.15) is 11.6 Å². The Morgan fingerprint density at radius 1 is 1.19 bits per heavy atom. The van der Waals surface area contributed by atoms with Gasteiger partial charge in [0.25, 0.3) is 0 Å². The lowest BCUT2D eigenvalue weighted by Crippen LogP contribution is -2.10. The van der Waals surface area contributed by atoms with Crippen molar-refractivity contribution in [2.24, 2.45) is 5.84 Å². The van der Waals surface area contributed by atoms with Crippen molar-refractivity contribution in [1.29, 1.82) is 0 Å². The number of hydrogen-bond acceptors (Lipinski definition) is 4. The first kappa shape index (κ1) is 10.9. The van der Waals surface area contributed by atoms with Crippen LogP contribution in [0.3, 0.4) is 0 Å². The summed E-state index contributed by atoms with van der Waals surface area (Å²) in [4.78, 5) is 8.39. The van der Waals surface area contributed by atoms with Crippen LogP contribution in [-0.2, 0) is 6.42 Å². The molecule has 0 saturated heterocycles. The lowest BCUT2D eigenvalue weighted by atomic mass is 10.1. The maximum Gasteiger partial charge on any atom is 0.143 e. The van der Waals surface area contributed by atoms with Crippen molar-refractivity contribution < 1.29 is 0 Å². The van der Waals surface area contributed by atoms with E-state index in [9.17, 15) is 0 Å². The SMILES string of the molecule is NNc1ccnc(Cc2ccc(Cl)cc2)n1. The van der Waals surface area contributed by atoms with Gasteiger partial charge in [0.15, 0.2) is 0 Å². The average Bonchev–Trinajstić information content (AvgIpc) is 2.32. The standard InChI is InChI=1S/C11H11ClN4/c12-9-3-1-8(2-4-9)7-11-14-6-5-10(15-11)16-13/h1-6H,7,13H2,(H,14,15,16). The van der Waals surface area contributed by atoms with Crippen molar-refractivity contribution in [3.05, 3.63) is 52.9 Å². The normalized spacial score (nSPS) is 10.1. The molecule has 0 aliphatic rings. The van der Waals surface area contributed by atoms with Crippen molar-refractivity contribution >= 4 is 17.4 Å². The second-order valence-electron chi connectivity index (χ2n) is 3.31. The van der Waals surface area contributed by atoms with E-state index in [2.05, 4.69) is 15.4 Å². The summed E-state index contributed by atoms with van der Waals surface area (Å²) in [5, 5.41) is 0.724. The number of benzene rings is 1. The molecule has 0 aliphatic heterocycles. The molecule has 2 rings (SSSR count). The number of hydrazine groups is 1. The molecule has 16 heavy (non-hydrogen) atoms. The fourth-order valence-electron chi connectivity index (χ4n) is 1.35. The Hall–Kier alpha value is -1.65. The first-order valence-electron chi connectivity index (χ1n) is 4.81. The van der Waals surface area contributed by atoms with Crippen LogP contribution in [0.4, 0.5) is 5.82 Å². The number of nitrogens with two attached hydrogens (primary N) is 1. The second kappa shape index (κ2) is 4.92. The molecular formula is C11H11ClN4. The van der Waals surface area contributed by atoms with Crippen LogP contribution in [0.5, 0.6) is 0 Å². The summed E-state index contributed by atoms with van der Waals surface area (Å²) in [6.45, 7) is 0. The van der Waals surface area contributed by atoms with Gasteiger partial charge in [0.05, 0.1) is 0 Å². The molecule has 5 heteroatoms. The minimum atomic E-state index is 0.610. The van der Waals surface area contributed by atoms with Crippen LogP contribution < -0.4 is 11.3 Å². The molecule has 0 atom stereocenters. The summed E-state index contributed by atoms with van der Waals surface area (Å²) in [5.41, 5.74) is 3.60. The third kappa shape index (κ3) is 2.68. The van der Waals surface area contributed by atoms with Crippen molar-refractivity contribution in [1.82, 2.24) is 9.97 Å². The van der Waals surface area contributed by atoms with Crippen LogP contribution in [0.15, 0.2) is 36.5 Å². The summed E-state index contributed by atoms with van der Waals surface area (Å²) in [6.07, 6.45) is 2.33. The van der Waals surface area contributed by atoms with E-state index in [4.69, 9.17) is 17.4 Å². The Kier molecular flexibility index (Phi) is 3.34. The van der Waals surface area contributed by atoms with Gasteiger partial charge in [0, 0.05) is 23.7 Å². The van der Waals surface area contributed by atoms with Gasteiger partial charge in [-0.25, -0.2) is 15.8 Å². The third-order valence-corrected chi connectivity index (χ3v) is 2.38. The average molecular weight is 235 g/mol. The molecule has 2 aromatic rings. The molecule has 0 saturated carbocycles. The number of hydrogen-bond donors (Lipinski definition) is 2. The zero-order valence-electron chi connectivity index (χ0n) is 8.52. The van der Waals surface area contributed by atoms with Gasteiger partial charge in [-0.05, 0) is 17.7 Å². The zero-order valence-corrected chi connectivity index (χ0v) is 9.28. The second-order valence-corrected chi connectivity index (χ2v) is 3.74. The molecule has 0 unspecified atom stereocenters. The van der Waals surface area contributed by atoms with Crippen LogP contribution in [0.2, 0.25) is 5.02 Å². The minimum Gasteiger partial charge on any atom is -0.308 e. The van der Waals surface area contributed by atoms with E-state index in [0.717, 1.165) is 16.4 Å². The Labute approximate surface area is 98.5 Å². The Bertz CT molecular complexity index is 470. The molecule has 1 heterocycles. The van der Waals surface area contributed by atoms with E-state index < -0.39 is 0 Å². The van der Waals surface area contributed by atoms with Crippen LogP contribution >= 0.6 is 11.6 Å². The van der Waals surface area contributed by atoms with Crippen molar-refractivity contribution in [2.75, 3.05) is 5.43 Å². The maximum absolute atomic E-state index is 5.80. The van der Waals surface area contributed by atoms with Crippen LogP contribution in [0, 0.1) is 0 Å². The molecule has 0 spiro atoms. The number of anilines is 1. The van der Waals surface area contributed by atoms with E-state index in [0.29, 0.717) is 12.2 Å². The van der Waals surface area contributed by atoms with Gasteiger partial charge in [-0.3, -0.25) is 0 Å². The van der Waals surface area contributed by atoms with Gasteiger partial charge in [0.2, 0.25) is 0 Å². The summed E-state index contributed by atoms with van der Waals surface area (Å²) in [7, 11) is 0. The van der Waals surface area contributed by atoms with Crippen molar-refractivity contribution in [2.45, 2.75) is 6.42 Å². The molecule has 0 bridgehead atoms. The van der Waals surface area contributed by atoms with Gasteiger partial charge in [-0.15, -0.1) is 0 Å². The number of halogens is 1. The number of nitrogens with zero attached hydrogens (tertiary/aromatic N) is 2. The third-order valence-electron chi connectivity index (χ3n) is 2.13. The van der Waals surface area contributed by atoms with Crippen molar-refractivity contribution in [3.8, 4) is 0 Å². The van der Waals surface area contributed by atoms with Crippen LogP contribution in [0.25, 0.3) is 0 Å². The summed E-state index contributed by atoms with van der Waals surface area (Å²) in [5.74, 6) is 6.60. The van der Waals surface area contributed by atoms with E-state index >= 15 is 0 Å². The van der Waals surface area contributed by atoms with E-state index in [-0.39, 0.29) is 0 Å². The highest BCUT2D eigenvalue weighted by molar-refractivity contribution is 6.30. The molecule has 82 valence electrons. The quantitative estimate of drug-likeness (QED) is 0.630. The monoisotopic (exact) mass is 234 g/mol. The highest BCUT2D eigenvalue weighted by Gasteiger charge is 2.00. The predicted molar refractivity (Wildman–Crippen MR) is 64.1 cm³/mol. The number of rotatable bonds is 3. The van der Waals surface area contributed by atoms with Gasteiger partial charge in [-0.1, -0.05) is 23.7 Å². The molecule has 0 radical (unpaired) electrons. The fourth-order valence-corrected chi connectivity index (χ4v) is 1.48. The number of nitrogens with one attached hydrogen (secondary N) is 1. The molecule has 0 aliphatic carbocycles. The molecule has 0 amide bonds. The zero-order chi connectivity index (χ0) is 11.4. The molecular weight excluding hydrogens is 224 g/mol. The van der Waals surface area contributed by atoms with Crippen LogP contribution in [0.1, 0.15) is 11.4 Å². The Morgan fingerprint density at radius 2 is 1.94 bits per heavy atom. The maximum atomic E-state index is 5.80. The summed E-state index contributed by atoms with van der Waals surface area (Å²) in [6, 6.07) is 9.32. The number of aromatic nitrogens is 2. The number of nitrogen functional groups attached to an aromatic ring is 1. The first-order chi connectivity index (χ1) is 7.78. The highest BCUT2D eigenvalue weighted by atomic mass is 35.5. The largest absolute Gasteiger partial charge is 0.308 e. The molecule has 1 aromatic carbocycles. The van der Waals surface area contributed by atoms with Crippen molar-refractivity contribution in [3.63, 3.8) is 0 Å². The minimum absolute atomic E-state index is 0.610. The van der Waals surface area contributed by atoms with E-state index in [1.54, 1.807) is 12.3 Å². The lowest BCUT2D eigenvalue weighted by Gasteiger charge is -2.03. The molecule has 0 fully saturated rings. The highest BCUT2D eigenvalue weighted by Crippen LogP contribution is 2.12. The smallest absolute Gasteiger partial charge is 0.143 e. The fraction of sp³-hybridized carbons (Fsp3) is 0.0909. The predicted octanol–water partition coefficient (Wildman–Crippen LogP) is 2.01. The lowest BCUT2D eigenvalue weighted by molar-refractivity contribution is 0.965. The van der Waals surface area contributed by atoms with Gasteiger partial charge >= 0.3 is 0 Å². The first-order valence-corrected chi connectivity index (χ1v) is 5.19. The summed E-state index contributed by atoms with van der Waals surface area (Å²) < 4.78 is 0. The molecule has 4 nitrogen and oxygen atoms in total. The summed E-state index contributed by atoms with van der Waals surface area (Å²) >= 11 is 5.80. The Balaban J connectivity index is 2.16. The molecule has 1 aromatic heterocycles. The van der Waals surface area contributed by atoms with Crippen LogP contribution in [-0.4, -0.2) is 9.97 Å². The topological polar surface area (TPSA) is 63.8 Å².